The summed E-state index contributed by atoms with van der Waals surface area (Å²) >= 11 is 2.21. The van der Waals surface area contributed by atoms with Gasteiger partial charge in [-0.1, -0.05) is 6.07 Å². The molecule has 1 N–H and O–H groups in total. The minimum absolute atomic E-state index is 0.000671. The molecule has 0 aliphatic carbocycles. The highest BCUT2D eigenvalue weighted by Crippen LogP contribution is 2.08. The minimum Gasteiger partial charge on any atom is -0.379 e. The highest BCUT2D eigenvalue weighted by molar-refractivity contribution is 14.1. The van der Waals surface area contributed by atoms with E-state index in [1.807, 2.05) is 31.2 Å². The minimum atomic E-state index is -0.000671. The van der Waals surface area contributed by atoms with Gasteiger partial charge >= 0.3 is 0 Å². The topological polar surface area (TPSA) is 41.6 Å². The van der Waals surface area contributed by atoms with Gasteiger partial charge in [-0.2, -0.15) is 0 Å². The average molecular weight is 374 g/mol. The van der Waals surface area contributed by atoms with E-state index in [9.17, 15) is 4.79 Å². The summed E-state index contributed by atoms with van der Waals surface area (Å²) < 4.78 is 6.39. The van der Waals surface area contributed by atoms with Gasteiger partial charge in [0.25, 0.3) is 5.91 Å². The Hall–Kier alpha value is -0.660. The highest BCUT2D eigenvalue weighted by atomic mass is 127. The number of rotatable bonds is 4. The zero-order valence-electron chi connectivity index (χ0n) is 11.1. The van der Waals surface area contributed by atoms with E-state index in [2.05, 4.69) is 32.8 Å². The van der Waals surface area contributed by atoms with Gasteiger partial charge in [0.1, 0.15) is 0 Å². The molecule has 1 saturated heterocycles. The molecule has 1 heterocycles. The fourth-order valence-electron chi connectivity index (χ4n) is 2.15. The van der Waals surface area contributed by atoms with Crippen molar-refractivity contribution >= 4 is 28.5 Å². The first-order valence-corrected chi connectivity index (χ1v) is 7.59. The predicted octanol–water partition coefficient (Wildman–Crippen LogP) is 1.74. The van der Waals surface area contributed by atoms with E-state index in [0.29, 0.717) is 0 Å². The number of amides is 1. The molecular weight excluding hydrogens is 355 g/mol. The van der Waals surface area contributed by atoms with E-state index in [0.717, 1.165) is 42.0 Å². The molecule has 1 unspecified atom stereocenters. The van der Waals surface area contributed by atoms with Gasteiger partial charge in [0, 0.05) is 34.8 Å². The summed E-state index contributed by atoms with van der Waals surface area (Å²) in [7, 11) is 0. The molecule has 104 valence electrons. The van der Waals surface area contributed by atoms with Crippen LogP contribution in [0.5, 0.6) is 0 Å². The number of morpholine rings is 1. The van der Waals surface area contributed by atoms with Crippen LogP contribution in [-0.2, 0) is 4.74 Å². The molecule has 1 aliphatic rings. The quantitative estimate of drug-likeness (QED) is 0.817. The molecule has 4 nitrogen and oxygen atoms in total. The van der Waals surface area contributed by atoms with Gasteiger partial charge in [0.2, 0.25) is 0 Å². The normalized spacial score (nSPS) is 18.0. The monoisotopic (exact) mass is 374 g/mol. The third-order valence-corrected chi connectivity index (χ3v) is 3.77. The Kier molecular flexibility index (Phi) is 5.59. The van der Waals surface area contributed by atoms with Crippen molar-refractivity contribution in [2.45, 2.75) is 13.0 Å². The second kappa shape index (κ2) is 7.21. The van der Waals surface area contributed by atoms with Crippen molar-refractivity contribution < 1.29 is 9.53 Å². The number of halogens is 1. The number of nitrogens with one attached hydrogen (secondary N) is 1. The second-order valence-electron chi connectivity index (χ2n) is 4.80. The van der Waals surface area contributed by atoms with Crippen molar-refractivity contribution in [2.24, 2.45) is 0 Å². The summed E-state index contributed by atoms with van der Waals surface area (Å²) in [6.45, 7) is 6.39. The van der Waals surface area contributed by atoms with Crippen LogP contribution < -0.4 is 5.32 Å². The van der Waals surface area contributed by atoms with Gasteiger partial charge in [0.15, 0.2) is 0 Å². The van der Waals surface area contributed by atoms with Crippen LogP contribution in [0.3, 0.4) is 0 Å². The molecule has 0 aromatic heterocycles. The lowest BCUT2D eigenvalue weighted by molar-refractivity contribution is 0.0342. The molecule has 1 aromatic carbocycles. The maximum Gasteiger partial charge on any atom is 0.251 e. The van der Waals surface area contributed by atoms with Crippen molar-refractivity contribution in [3.63, 3.8) is 0 Å². The lowest BCUT2D eigenvalue weighted by Crippen LogP contribution is -2.46. The van der Waals surface area contributed by atoms with Crippen LogP contribution in [0.1, 0.15) is 17.3 Å². The van der Waals surface area contributed by atoms with Crippen molar-refractivity contribution in [1.29, 1.82) is 0 Å². The van der Waals surface area contributed by atoms with Crippen molar-refractivity contribution in [1.82, 2.24) is 10.2 Å². The molecule has 1 aliphatic heterocycles. The summed E-state index contributed by atoms with van der Waals surface area (Å²) in [6.07, 6.45) is 0. The summed E-state index contributed by atoms with van der Waals surface area (Å²) in [5.41, 5.74) is 0.723. The Bertz CT molecular complexity index is 433. The molecule has 0 spiro atoms. The van der Waals surface area contributed by atoms with E-state index >= 15 is 0 Å². The van der Waals surface area contributed by atoms with E-state index < -0.39 is 0 Å². The maximum atomic E-state index is 12.1. The lowest BCUT2D eigenvalue weighted by atomic mass is 10.2. The lowest BCUT2D eigenvalue weighted by Gasteiger charge is -2.29. The van der Waals surface area contributed by atoms with Crippen LogP contribution in [0.15, 0.2) is 24.3 Å². The van der Waals surface area contributed by atoms with Crippen LogP contribution >= 0.6 is 22.6 Å². The molecule has 5 heteroatoms. The number of benzene rings is 1. The Balaban J connectivity index is 1.84. The Morgan fingerprint density at radius 1 is 1.47 bits per heavy atom. The summed E-state index contributed by atoms with van der Waals surface area (Å²) in [6, 6.07) is 7.78. The number of ether oxygens (including phenoxy) is 1. The zero-order chi connectivity index (χ0) is 13.7. The number of nitrogens with zero attached hydrogens (tertiary/aromatic N) is 1. The first-order valence-electron chi connectivity index (χ1n) is 6.51. The van der Waals surface area contributed by atoms with Crippen LogP contribution in [0, 0.1) is 3.57 Å². The van der Waals surface area contributed by atoms with E-state index in [1.54, 1.807) is 0 Å². The molecule has 1 aromatic rings. The fraction of sp³-hybridized carbons (Fsp3) is 0.500. The molecule has 0 bridgehead atoms. The second-order valence-corrected chi connectivity index (χ2v) is 6.04. The van der Waals surface area contributed by atoms with Gasteiger partial charge in [-0.15, -0.1) is 0 Å². The Morgan fingerprint density at radius 2 is 2.21 bits per heavy atom. The number of hydrogen-bond donors (Lipinski definition) is 1. The number of carbonyl (C=O) groups excluding carboxylic acids is 1. The molecule has 1 amide bonds. The number of hydrogen-bond acceptors (Lipinski definition) is 3. The molecule has 1 fully saturated rings. The summed E-state index contributed by atoms with van der Waals surface area (Å²) in [5, 5.41) is 3.05. The van der Waals surface area contributed by atoms with Gasteiger partial charge in [-0.25, -0.2) is 0 Å². The van der Waals surface area contributed by atoms with Gasteiger partial charge in [0.05, 0.1) is 13.2 Å². The van der Waals surface area contributed by atoms with Gasteiger partial charge in [-0.05, 0) is 47.7 Å². The predicted molar refractivity (Wildman–Crippen MR) is 83.3 cm³/mol. The fourth-order valence-corrected chi connectivity index (χ4v) is 2.70. The first kappa shape index (κ1) is 14.7. The van der Waals surface area contributed by atoms with Crippen LogP contribution in [0.4, 0.5) is 0 Å². The summed E-state index contributed by atoms with van der Waals surface area (Å²) in [5.74, 6) is -0.000671. The third kappa shape index (κ3) is 4.74. The van der Waals surface area contributed by atoms with Crippen molar-refractivity contribution in [3.8, 4) is 0 Å². The molecule has 0 radical (unpaired) electrons. The Morgan fingerprint density at radius 3 is 2.89 bits per heavy atom. The molecule has 2 rings (SSSR count). The number of carbonyl (C=O) groups is 1. The molecule has 19 heavy (non-hydrogen) atoms. The van der Waals surface area contributed by atoms with E-state index in [1.165, 1.54) is 0 Å². The first-order chi connectivity index (χ1) is 9.15. The SMILES string of the molecule is CC(CN1CCOCC1)NC(=O)c1cccc(I)c1. The van der Waals surface area contributed by atoms with Gasteiger partial charge in [-0.3, -0.25) is 9.69 Å². The smallest absolute Gasteiger partial charge is 0.251 e. The standard InChI is InChI=1S/C14H19IN2O2/c1-11(10-17-5-7-19-8-6-17)16-14(18)12-3-2-4-13(15)9-12/h2-4,9,11H,5-8,10H2,1H3,(H,16,18). The third-order valence-electron chi connectivity index (χ3n) is 3.10. The maximum absolute atomic E-state index is 12.1. The van der Waals surface area contributed by atoms with Crippen LogP contribution in [0.2, 0.25) is 0 Å². The van der Waals surface area contributed by atoms with Crippen molar-refractivity contribution in [3.05, 3.63) is 33.4 Å². The van der Waals surface area contributed by atoms with Crippen LogP contribution in [-0.4, -0.2) is 49.7 Å². The van der Waals surface area contributed by atoms with Crippen LogP contribution in [0.25, 0.3) is 0 Å². The largest absolute Gasteiger partial charge is 0.379 e. The zero-order valence-corrected chi connectivity index (χ0v) is 13.2. The highest BCUT2D eigenvalue weighted by Gasteiger charge is 2.15. The van der Waals surface area contributed by atoms with Crippen molar-refractivity contribution in [2.75, 3.05) is 32.8 Å². The van der Waals surface area contributed by atoms with E-state index in [4.69, 9.17) is 4.74 Å². The molecule has 1 atom stereocenters. The van der Waals surface area contributed by atoms with Gasteiger partial charge < -0.3 is 10.1 Å². The molecular formula is C14H19IN2O2. The Labute approximate surface area is 127 Å². The average Bonchev–Trinajstić information content (AvgIpc) is 2.39. The van der Waals surface area contributed by atoms with E-state index in [-0.39, 0.29) is 11.9 Å². The molecule has 0 saturated carbocycles. The summed E-state index contributed by atoms with van der Waals surface area (Å²) in [4.78, 5) is 14.4.